The summed E-state index contributed by atoms with van der Waals surface area (Å²) in [4.78, 5) is 20.1. The number of aromatic nitrogens is 1. The number of halogens is 6. The molecule has 0 atom stereocenters. The molecule has 1 amide bonds. The van der Waals surface area contributed by atoms with Crippen molar-refractivity contribution >= 4 is 21.6 Å². The zero-order chi connectivity index (χ0) is 31.4. The minimum Gasteiger partial charge on any atom is -0.506 e. The summed E-state index contributed by atoms with van der Waals surface area (Å²) in [7, 11) is -4.47. The lowest BCUT2D eigenvalue weighted by Crippen LogP contribution is -2.46. The third-order valence-electron chi connectivity index (χ3n) is 6.43. The predicted molar refractivity (Wildman–Crippen MR) is 144 cm³/mol. The Kier molecular flexibility index (Phi) is 9.39. The molecule has 1 fully saturated rings. The molecule has 0 spiro atoms. The number of anilines is 1. The molecule has 2 heterocycles. The Morgan fingerprint density at radius 2 is 1.60 bits per heavy atom. The zero-order valence-corrected chi connectivity index (χ0v) is 23.1. The summed E-state index contributed by atoms with van der Waals surface area (Å²) >= 11 is 0. The lowest BCUT2D eigenvalue weighted by atomic mass is 10.0. The first-order valence-electron chi connectivity index (χ1n) is 12.8. The monoisotopic (exact) mass is 632 g/mol. The Hall–Kier alpha value is -4.05. The molecule has 0 bridgehead atoms. The highest BCUT2D eigenvalue weighted by molar-refractivity contribution is 7.90. The van der Waals surface area contributed by atoms with Crippen LogP contribution in [-0.2, 0) is 16.6 Å². The molecule has 1 aliphatic heterocycles. The first-order chi connectivity index (χ1) is 20.1. The lowest BCUT2D eigenvalue weighted by molar-refractivity contribution is -0.274. The molecule has 1 aliphatic rings. The van der Waals surface area contributed by atoms with Gasteiger partial charge in [-0.05, 0) is 59.7 Å². The van der Waals surface area contributed by atoms with Gasteiger partial charge in [0, 0.05) is 55.7 Å². The van der Waals surface area contributed by atoms with Crippen molar-refractivity contribution in [2.75, 3.05) is 36.8 Å². The van der Waals surface area contributed by atoms with Gasteiger partial charge >= 0.3 is 12.5 Å². The number of aromatic hydroxyl groups is 1. The average molecular weight is 633 g/mol. The average Bonchev–Trinajstić information content (AvgIpc) is 2.91. The number of carbonyl (C=O) groups excluding carboxylic acids is 1. The van der Waals surface area contributed by atoms with Crippen molar-refractivity contribution in [3.8, 4) is 22.6 Å². The smallest absolute Gasteiger partial charge is 0.506 e. The molecule has 1 aromatic heterocycles. The second kappa shape index (κ2) is 12.7. The fourth-order valence-corrected chi connectivity index (χ4v) is 5.45. The van der Waals surface area contributed by atoms with Crippen LogP contribution in [0.5, 0.6) is 11.5 Å². The van der Waals surface area contributed by atoms with Crippen molar-refractivity contribution in [3.63, 3.8) is 0 Å². The summed E-state index contributed by atoms with van der Waals surface area (Å²) in [6, 6.07) is 11.5. The fraction of sp³-hybridized carbons (Fsp3) is 0.333. The summed E-state index contributed by atoms with van der Waals surface area (Å²) in [5.41, 5.74) is 2.02. The number of amides is 1. The number of nitrogens with one attached hydrogen (secondary N) is 1. The van der Waals surface area contributed by atoms with Crippen LogP contribution >= 0.6 is 0 Å². The van der Waals surface area contributed by atoms with Gasteiger partial charge in [0.1, 0.15) is 11.5 Å². The highest BCUT2D eigenvalue weighted by Crippen LogP contribution is 2.31. The molecular weight excluding hydrogens is 606 g/mol. The summed E-state index contributed by atoms with van der Waals surface area (Å²) in [5, 5.41) is 9.75. The van der Waals surface area contributed by atoms with Gasteiger partial charge in [-0.2, -0.15) is 13.2 Å². The summed E-state index contributed by atoms with van der Waals surface area (Å²) in [6.07, 6.45) is -8.53. The van der Waals surface area contributed by atoms with E-state index in [2.05, 4.69) is 9.72 Å². The number of hydrogen-bond acceptors (Lipinski definition) is 8. The number of hydrogen-bond donors (Lipinski definition) is 2. The maximum atomic E-state index is 13.0. The molecular formula is C27H26F6N4O5S. The number of carbonyl (C=O) groups is 1. The molecule has 1 saturated heterocycles. The van der Waals surface area contributed by atoms with Gasteiger partial charge in [0.05, 0.1) is 18.4 Å². The van der Waals surface area contributed by atoms with Gasteiger partial charge < -0.3 is 14.7 Å². The fourth-order valence-electron chi connectivity index (χ4n) is 4.44. The van der Waals surface area contributed by atoms with Gasteiger partial charge in [0.25, 0.3) is 5.91 Å². The highest BCUT2D eigenvalue weighted by atomic mass is 32.2. The standard InChI is InChI=1S/C27H26F6N4O5S/c28-26(29,30)5-10-43(40,41)35-25(39)19-1-3-22(4-2-19)37-8-6-36(7-9-37)17-18-11-20(21-13-23(38)16-34-15-21)14-24(12-18)42-27(31,32)33/h1-4,11-16,38H,5-10,17H2,(H,35,39). The molecule has 0 unspecified atom stereocenters. The van der Waals surface area contributed by atoms with E-state index in [1.165, 1.54) is 42.7 Å². The van der Waals surface area contributed by atoms with Crippen LogP contribution in [0.4, 0.5) is 32.0 Å². The van der Waals surface area contributed by atoms with Crippen LogP contribution in [-0.4, -0.2) is 73.8 Å². The number of pyridine rings is 1. The highest BCUT2D eigenvalue weighted by Gasteiger charge is 2.32. The Morgan fingerprint density at radius 1 is 0.930 bits per heavy atom. The molecule has 0 aliphatic carbocycles. The topological polar surface area (TPSA) is 112 Å². The van der Waals surface area contributed by atoms with Crippen molar-refractivity contribution in [1.29, 1.82) is 0 Å². The maximum absolute atomic E-state index is 13.0. The first-order valence-corrected chi connectivity index (χ1v) is 14.4. The molecule has 0 radical (unpaired) electrons. The quantitative estimate of drug-likeness (QED) is 0.327. The Bertz CT molecular complexity index is 1540. The zero-order valence-electron chi connectivity index (χ0n) is 22.3. The predicted octanol–water partition coefficient (Wildman–Crippen LogP) is 4.69. The molecule has 232 valence electrons. The van der Waals surface area contributed by atoms with Gasteiger partial charge in [0.15, 0.2) is 0 Å². The minimum atomic E-state index is -4.89. The molecule has 9 nitrogen and oxygen atoms in total. The van der Waals surface area contributed by atoms with E-state index >= 15 is 0 Å². The van der Waals surface area contributed by atoms with Gasteiger partial charge in [-0.3, -0.25) is 14.7 Å². The SMILES string of the molecule is O=C(NS(=O)(=O)CCC(F)(F)F)c1ccc(N2CCN(Cc3cc(OC(F)(F)F)cc(-c4cncc(O)c4)c3)CC2)cc1. The van der Waals surface area contributed by atoms with E-state index < -0.39 is 46.4 Å². The van der Waals surface area contributed by atoms with E-state index in [9.17, 15) is 44.7 Å². The number of piperazine rings is 1. The Morgan fingerprint density at radius 3 is 2.21 bits per heavy atom. The van der Waals surface area contributed by atoms with Crippen LogP contribution < -0.4 is 14.4 Å². The molecule has 4 rings (SSSR count). The van der Waals surface area contributed by atoms with Crippen molar-refractivity contribution in [3.05, 3.63) is 72.1 Å². The first kappa shape index (κ1) is 31.9. The number of benzene rings is 2. The molecule has 2 N–H and O–H groups in total. The van der Waals surface area contributed by atoms with Gasteiger partial charge in [-0.15, -0.1) is 13.2 Å². The summed E-state index contributed by atoms with van der Waals surface area (Å²) in [6.45, 7) is 2.43. The number of nitrogens with zero attached hydrogens (tertiary/aromatic N) is 3. The van der Waals surface area contributed by atoms with E-state index in [-0.39, 0.29) is 11.3 Å². The molecule has 3 aromatic rings. The third-order valence-corrected chi connectivity index (χ3v) is 7.67. The Labute approximate surface area is 242 Å². The molecule has 43 heavy (non-hydrogen) atoms. The van der Waals surface area contributed by atoms with Crippen LogP contribution in [0, 0.1) is 0 Å². The minimum absolute atomic E-state index is 0.0448. The van der Waals surface area contributed by atoms with Gasteiger partial charge in [-0.25, -0.2) is 13.1 Å². The summed E-state index contributed by atoms with van der Waals surface area (Å²) in [5.74, 6) is -2.86. The van der Waals surface area contributed by atoms with Crippen molar-refractivity contribution in [1.82, 2.24) is 14.6 Å². The van der Waals surface area contributed by atoms with E-state index in [4.69, 9.17) is 0 Å². The van der Waals surface area contributed by atoms with E-state index in [0.29, 0.717) is 49.4 Å². The second-order valence-corrected chi connectivity index (χ2v) is 11.6. The van der Waals surface area contributed by atoms with Crippen molar-refractivity contribution in [2.24, 2.45) is 0 Å². The second-order valence-electron chi connectivity index (χ2n) is 9.77. The van der Waals surface area contributed by atoms with Gasteiger partial charge in [-0.1, -0.05) is 0 Å². The van der Waals surface area contributed by atoms with Crippen molar-refractivity contribution in [2.45, 2.75) is 25.5 Å². The third kappa shape index (κ3) is 9.74. The van der Waals surface area contributed by atoms with E-state index in [1.807, 2.05) is 9.80 Å². The number of ether oxygens (including phenoxy) is 1. The van der Waals surface area contributed by atoms with Gasteiger partial charge in [0.2, 0.25) is 10.0 Å². The van der Waals surface area contributed by atoms with Crippen LogP contribution in [0.1, 0.15) is 22.3 Å². The molecule has 16 heteroatoms. The number of sulfonamides is 1. The van der Waals surface area contributed by atoms with Crippen LogP contribution in [0.15, 0.2) is 60.9 Å². The molecule has 0 saturated carbocycles. The van der Waals surface area contributed by atoms with Crippen LogP contribution in [0.2, 0.25) is 0 Å². The van der Waals surface area contributed by atoms with Crippen molar-refractivity contribution < 1.29 is 49.4 Å². The maximum Gasteiger partial charge on any atom is 0.573 e. The summed E-state index contributed by atoms with van der Waals surface area (Å²) < 4.78 is 105. The number of alkyl halides is 6. The normalized spacial score (nSPS) is 14.9. The lowest BCUT2D eigenvalue weighted by Gasteiger charge is -2.36. The largest absolute Gasteiger partial charge is 0.573 e. The van der Waals surface area contributed by atoms with E-state index in [0.717, 1.165) is 5.69 Å². The number of rotatable bonds is 9. The van der Waals surface area contributed by atoms with Crippen LogP contribution in [0.25, 0.3) is 11.1 Å². The molecule has 2 aromatic carbocycles. The van der Waals surface area contributed by atoms with E-state index in [1.54, 1.807) is 22.9 Å². The van der Waals surface area contributed by atoms with Crippen LogP contribution in [0.3, 0.4) is 0 Å². The Balaban J connectivity index is 1.37.